The van der Waals surface area contributed by atoms with E-state index in [1.165, 1.54) is 7.11 Å². The summed E-state index contributed by atoms with van der Waals surface area (Å²) in [6.45, 7) is 5.88. The Morgan fingerprint density at radius 1 is 0.810 bits per heavy atom. The van der Waals surface area contributed by atoms with E-state index in [1.807, 2.05) is 20.8 Å². The molecule has 0 spiro atoms. The topological polar surface area (TPSA) is 60.4 Å². The van der Waals surface area contributed by atoms with E-state index in [-0.39, 0.29) is 17.8 Å². The summed E-state index contributed by atoms with van der Waals surface area (Å²) in [5.74, 6) is -6.67. The van der Waals surface area contributed by atoms with Crippen molar-refractivity contribution in [2.24, 2.45) is 5.41 Å². The van der Waals surface area contributed by atoms with Gasteiger partial charge < -0.3 is 4.74 Å². The van der Waals surface area contributed by atoms with Gasteiger partial charge in [-0.05, 0) is 0 Å². The van der Waals surface area contributed by atoms with E-state index in [9.17, 15) is 40.7 Å². The molecule has 0 N–H and O–H groups in total. The summed E-state index contributed by atoms with van der Waals surface area (Å²) in [4.78, 5) is 30.2. The highest BCUT2D eigenvalue weighted by Gasteiger charge is 2.54. The minimum absolute atomic E-state index is 0.144. The SMILES string of the molecule is COCC(=O)C(C)(C)C.O=C(C(=O)C(F)(F)F)C(F)(F)F. The molecule has 0 aromatic rings. The first-order chi connectivity index (χ1) is 9.05. The van der Waals surface area contributed by atoms with Crippen LogP contribution in [0.5, 0.6) is 0 Å². The minimum Gasteiger partial charge on any atom is -0.377 e. The summed E-state index contributed by atoms with van der Waals surface area (Å²) in [7, 11) is 1.53. The van der Waals surface area contributed by atoms with Gasteiger partial charge in [0.15, 0.2) is 5.78 Å². The minimum atomic E-state index is -5.77. The van der Waals surface area contributed by atoms with Gasteiger partial charge in [-0.1, -0.05) is 20.8 Å². The molecule has 0 aromatic heterocycles. The van der Waals surface area contributed by atoms with E-state index in [2.05, 4.69) is 4.74 Å². The number of halogens is 6. The zero-order valence-electron chi connectivity index (χ0n) is 11.6. The largest absolute Gasteiger partial charge is 0.458 e. The number of ether oxygens (including phenoxy) is 1. The zero-order valence-corrected chi connectivity index (χ0v) is 11.6. The van der Waals surface area contributed by atoms with Crippen LogP contribution in [0.25, 0.3) is 0 Å². The second-order valence-corrected chi connectivity index (χ2v) is 4.76. The van der Waals surface area contributed by atoms with Crippen LogP contribution in [0.3, 0.4) is 0 Å². The number of hydrogen-bond donors (Lipinski definition) is 0. The third kappa shape index (κ3) is 9.16. The number of carbonyl (C=O) groups excluding carboxylic acids is 3. The van der Waals surface area contributed by atoms with Gasteiger partial charge in [-0.25, -0.2) is 0 Å². The lowest BCUT2D eigenvalue weighted by Gasteiger charge is -2.14. The van der Waals surface area contributed by atoms with Gasteiger partial charge in [0.2, 0.25) is 0 Å². The second-order valence-electron chi connectivity index (χ2n) is 4.76. The molecule has 0 saturated heterocycles. The number of alkyl halides is 6. The van der Waals surface area contributed by atoms with Gasteiger partial charge >= 0.3 is 23.9 Å². The van der Waals surface area contributed by atoms with Crippen molar-refractivity contribution in [3.63, 3.8) is 0 Å². The van der Waals surface area contributed by atoms with Gasteiger partial charge in [-0.2, -0.15) is 26.3 Å². The summed E-state index contributed by atoms with van der Waals surface area (Å²) in [5, 5.41) is 0. The van der Waals surface area contributed by atoms with E-state index in [0.29, 0.717) is 0 Å². The van der Waals surface area contributed by atoms with Gasteiger partial charge in [-0.15, -0.1) is 0 Å². The van der Waals surface area contributed by atoms with E-state index in [4.69, 9.17) is 0 Å². The van der Waals surface area contributed by atoms with Crippen molar-refractivity contribution in [1.82, 2.24) is 0 Å². The molecule has 0 aliphatic rings. The average molecular weight is 324 g/mol. The molecule has 0 rings (SSSR count). The molecule has 0 saturated carbocycles. The molecule has 21 heavy (non-hydrogen) atoms. The van der Waals surface area contributed by atoms with Crippen molar-refractivity contribution in [2.75, 3.05) is 13.7 Å². The van der Waals surface area contributed by atoms with Crippen molar-refractivity contribution in [3.05, 3.63) is 0 Å². The second kappa shape index (κ2) is 7.53. The van der Waals surface area contributed by atoms with E-state index in [1.54, 1.807) is 0 Å². The van der Waals surface area contributed by atoms with Gasteiger partial charge in [0.05, 0.1) is 0 Å². The summed E-state index contributed by atoms with van der Waals surface area (Å²) in [5.41, 5.74) is -0.254. The molecule has 124 valence electrons. The van der Waals surface area contributed by atoms with Crippen molar-refractivity contribution in [2.45, 2.75) is 33.1 Å². The first-order valence-electron chi connectivity index (χ1n) is 5.30. The fraction of sp³-hybridized carbons (Fsp3) is 0.727. The first kappa shape index (κ1) is 21.8. The van der Waals surface area contributed by atoms with Crippen molar-refractivity contribution >= 4 is 17.3 Å². The molecule has 10 heteroatoms. The maximum Gasteiger partial charge on any atom is 0.458 e. The van der Waals surface area contributed by atoms with E-state index in [0.717, 1.165) is 0 Å². The summed E-state index contributed by atoms with van der Waals surface area (Å²) < 4.78 is 71.6. The lowest BCUT2D eigenvalue weighted by molar-refractivity contribution is -0.193. The van der Waals surface area contributed by atoms with Crippen LogP contribution in [-0.2, 0) is 19.1 Å². The molecule has 0 unspecified atom stereocenters. The van der Waals surface area contributed by atoms with Crippen LogP contribution < -0.4 is 0 Å². The lowest BCUT2D eigenvalue weighted by atomic mass is 9.91. The maximum absolute atomic E-state index is 11.2. The van der Waals surface area contributed by atoms with Crippen molar-refractivity contribution in [3.8, 4) is 0 Å². The standard InChI is InChI=1S/C7H14O2.C4F6O2/c1-7(2,3)6(8)5-9-4;5-3(6,7)1(11)2(12)4(8,9)10/h5H2,1-4H3;. The number of rotatable bonds is 3. The summed E-state index contributed by atoms with van der Waals surface area (Å²) in [6.07, 6.45) is -11.5. The van der Waals surface area contributed by atoms with Crippen LogP contribution in [0.2, 0.25) is 0 Å². The Labute approximate surface area is 116 Å². The normalized spacial score (nSPS) is 12.3. The molecule has 0 amide bonds. The highest BCUT2D eigenvalue weighted by Crippen LogP contribution is 2.24. The monoisotopic (exact) mass is 324 g/mol. The molecule has 0 aliphatic carbocycles. The van der Waals surface area contributed by atoms with Crippen LogP contribution in [-0.4, -0.2) is 43.4 Å². The Hall–Kier alpha value is -1.45. The maximum atomic E-state index is 11.2. The van der Waals surface area contributed by atoms with Crippen LogP contribution in [0.15, 0.2) is 0 Å². The molecular formula is C11H14F6O4. The Kier molecular flexibility index (Phi) is 7.83. The lowest BCUT2D eigenvalue weighted by Crippen LogP contribution is -2.39. The van der Waals surface area contributed by atoms with Crippen LogP contribution >= 0.6 is 0 Å². The average Bonchev–Trinajstić information content (AvgIpc) is 2.24. The summed E-state index contributed by atoms with van der Waals surface area (Å²) in [6, 6.07) is 0. The molecule has 0 fully saturated rings. The highest BCUT2D eigenvalue weighted by molar-refractivity contribution is 6.41. The molecule has 0 aromatic carbocycles. The van der Waals surface area contributed by atoms with Crippen LogP contribution in [0, 0.1) is 5.41 Å². The Balaban J connectivity index is 0. The number of ketones is 3. The Bertz CT molecular complexity index is 365. The Morgan fingerprint density at radius 3 is 1.19 bits per heavy atom. The molecule has 0 atom stereocenters. The molecule has 0 heterocycles. The molecular weight excluding hydrogens is 310 g/mol. The highest BCUT2D eigenvalue weighted by atomic mass is 19.4. The third-order valence-corrected chi connectivity index (χ3v) is 1.83. The van der Waals surface area contributed by atoms with Gasteiger partial charge in [0, 0.05) is 12.5 Å². The predicted molar refractivity (Wildman–Crippen MR) is 58.5 cm³/mol. The number of Topliss-reactive ketones (excluding diaryl/α,β-unsaturated/α-hetero) is 3. The quantitative estimate of drug-likeness (QED) is 0.591. The molecule has 0 bridgehead atoms. The Morgan fingerprint density at radius 2 is 1.10 bits per heavy atom. The fourth-order valence-corrected chi connectivity index (χ4v) is 0.605. The van der Waals surface area contributed by atoms with Crippen molar-refractivity contribution in [1.29, 1.82) is 0 Å². The van der Waals surface area contributed by atoms with E-state index >= 15 is 0 Å². The number of carbonyl (C=O) groups is 3. The molecule has 4 nitrogen and oxygen atoms in total. The van der Waals surface area contributed by atoms with Gasteiger partial charge in [0.1, 0.15) is 6.61 Å². The van der Waals surface area contributed by atoms with E-state index < -0.39 is 23.9 Å². The van der Waals surface area contributed by atoms with Crippen LogP contribution in [0.1, 0.15) is 20.8 Å². The van der Waals surface area contributed by atoms with Gasteiger partial charge in [-0.3, -0.25) is 14.4 Å². The third-order valence-electron chi connectivity index (χ3n) is 1.83. The number of hydrogen-bond acceptors (Lipinski definition) is 4. The molecule has 0 radical (unpaired) electrons. The van der Waals surface area contributed by atoms with Crippen LogP contribution in [0.4, 0.5) is 26.3 Å². The van der Waals surface area contributed by atoms with Crippen molar-refractivity contribution < 1.29 is 45.5 Å². The smallest absolute Gasteiger partial charge is 0.377 e. The zero-order chi connectivity index (χ0) is 17.6. The van der Waals surface area contributed by atoms with Gasteiger partial charge in [0.25, 0.3) is 0 Å². The first-order valence-corrected chi connectivity index (χ1v) is 5.30. The molecule has 0 aliphatic heterocycles. The summed E-state index contributed by atoms with van der Waals surface area (Å²) >= 11 is 0. The fourth-order valence-electron chi connectivity index (χ4n) is 0.605. The number of methoxy groups -OCH3 is 1. The predicted octanol–water partition coefficient (Wildman–Crippen LogP) is 2.50.